The van der Waals surface area contributed by atoms with Gasteiger partial charge >= 0.3 is 0 Å². The van der Waals surface area contributed by atoms with Crippen molar-refractivity contribution in [1.82, 2.24) is 9.80 Å². The largest absolute Gasteiger partial charge is 0.341 e. The number of carbonyl (C=O) groups is 2. The summed E-state index contributed by atoms with van der Waals surface area (Å²) in [5, 5.41) is 0. The van der Waals surface area contributed by atoms with Gasteiger partial charge in [-0.3, -0.25) is 9.59 Å². The van der Waals surface area contributed by atoms with Crippen molar-refractivity contribution in [2.75, 3.05) is 33.2 Å². The van der Waals surface area contributed by atoms with Gasteiger partial charge in [0, 0.05) is 37.9 Å². The van der Waals surface area contributed by atoms with E-state index in [1.165, 1.54) is 6.42 Å². The van der Waals surface area contributed by atoms with Crippen LogP contribution in [0.1, 0.15) is 39.5 Å². The summed E-state index contributed by atoms with van der Waals surface area (Å²) in [5.41, 5.74) is -0.364. The third-order valence-electron chi connectivity index (χ3n) is 4.49. The molecule has 1 unspecified atom stereocenters. The second kappa shape index (κ2) is 5.61. The molecule has 4 nitrogen and oxygen atoms in total. The highest BCUT2D eigenvalue weighted by atomic mass is 16.2. The predicted molar refractivity (Wildman–Crippen MR) is 74.8 cm³/mol. The molecule has 2 fully saturated rings. The highest BCUT2D eigenvalue weighted by Gasteiger charge is 2.36. The molecule has 2 heterocycles. The second-order valence-electron chi connectivity index (χ2n) is 6.85. The summed E-state index contributed by atoms with van der Waals surface area (Å²) in [5.74, 6) is 1.02. The first-order valence-electron chi connectivity index (χ1n) is 7.38. The Morgan fingerprint density at radius 1 is 1.37 bits per heavy atom. The van der Waals surface area contributed by atoms with Gasteiger partial charge in [-0.05, 0) is 32.4 Å². The summed E-state index contributed by atoms with van der Waals surface area (Å²) in [6.07, 6.45) is 3.52. The van der Waals surface area contributed by atoms with Crippen molar-refractivity contribution in [3.63, 3.8) is 0 Å². The van der Waals surface area contributed by atoms with Gasteiger partial charge in [0.25, 0.3) is 0 Å². The SMILES string of the molecule is CN1CCCC(CC(=O)N2CCC(=O)C(C)(C)C2)C1. The topological polar surface area (TPSA) is 40.6 Å². The lowest BCUT2D eigenvalue weighted by molar-refractivity contribution is -0.141. The Balaban J connectivity index is 1.88. The van der Waals surface area contributed by atoms with Gasteiger partial charge in [-0.25, -0.2) is 0 Å². The zero-order chi connectivity index (χ0) is 14.0. The summed E-state index contributed by atoms with van der Waals surface area (Å²) in [4.78, 5) is 28.3. The molecule has 1 atom stereocenters. The summed E-state index contributed by atoms with van der Waals surface area (Å²) in [7, 11) is 2.12. The third-order valence-corrected chi connectivity index (χ3v) is 4.49. The summed E-state index contributed by atoms with van der Waals surface area (Å²) >= 11 is 0. The highest BCUT2D eigenvalue weighted by molar-refractivity contribution is 5.87. The Morgan fingerprint density at radius 2 is 2.11 bits per heavy atom. The number of carbonyl (C=O) groups excluding carboxylic acids is 2. The predicted octanol–water partition coefficient (Wildman–Crippen LogP) is 1.55. The maximum absolute atomic E-state index is 12.4. The Hall–Kier alpha value is -0.900. The van der Waals surface area contributed by atoms with Crippen molar-refractivity contribution < 1.29 is 9.59 Å². The van der Waals surface area contributed by atoms with Crippen LogP contribution in [0, 0.1) is 11.3 Å². The van der Waals surface area contributed by atoms with Crippen LogP contribution >= 0.6 is 0 Å². The van der Waals surface area contributed by atoms with Crippen LogP contribution in [0.15, 0.2) is 0 Å². The van der Waals surface area contributed by atoms with Crippen molar-refractivity contribution in [3.8, 4) is 0 Å². The van der Waals surface area contributed by atoms with Crippen LogP contribution in [-0.2, 0) is 9.59 Å². The Kier molecular flexibility index (Phi) is 4.29. The Morgan fingerprint density at radius 3 is 2.74 bits per heavy atom. The molecule has 0 aliphatic carbocycles. The van der Waals surface area contributed by atoms with Gasteiger partial charge in [-0.1, -0.05) is 13.8 Å². The van der Waals surface area contributed by atoms with Crippen molar-refractivity contribution >= 4 is 11.7 Å². The molecule has 1 amide bonds. The lowest BCUT2D eigenvalue weighted by Gasteiger charge is -2.38. The Bertz CT molecular complexity index is 365. The minimum Gasteiger partial charge on any atom is -0.341 e. The minimum absolute atomic E-state index is 0.237. The summed E-state index contributed by atoms with van der Waals surface area (Å²) < 4.78 is 0. The quantitative estimate of drug-likeness (QED) is 0.761. The summed E-state index contributed by atoms with van der Waals surface area (Å²) in [6.45, 7) is 7.28. The van der Waals surface area contributed by atoms with Gasteiger partial charge < -0.3 is 9.80 Å². The molecule has 0 aromatic rings. The number of amides is 1. The van der Waals surface area contributed by atoms with E-state index in [9.17, 15) is 9.59 Å². The van der Waals surface area contributed by atoms with Gasteiger partial charge in [-0.15, -0.1) is 0 Å². The molecule has 0 radical (unpaired) electrons. The van der Waals surface area contributed by atoms with Gasteiger partial charge in [-0.2, -0.15) is 0 Å². The number of piperidine rings is 2. The Labute approximate surface area is 116 Å². The molecule has 0 aromatic heterocycles. The van der Waals surface area contributed by atoms with Crippen LogP contribution in [0.3, 0.4) is 0 Å². The van der Waals surface area contributed by atoms with E-state index in [4.69, 9.17) is 0 Å². The molecule has 0 bridgehead atoms. The van der Waals surface area contributed by atoms with Crippen LogP contribution in [-0.4, -0.2) is 54.7 Å². The molecule has 2 saturated heterocycles. The van der Waals surface area contributed by atoms with Crippen molar-refractivity contribution in [3.05, 3.63) is 0 Å². The lowest BCUT2D eigenvalue weighted by Crippen LogP contribution is -2.49. The van der Waals surface area contributed by atoms with E-state index in [-0.39, 0.29) is 17.1 Å². The van der Waals surface area contributed by atoms with Crippen molar-refractivity contribution in [1.29, 1.82) is 0 Å². The van der Waals surface area contributed by atoms with Gasteiger partial charge in [0.05, 0.1) is 0 Å². The molecular formula is C15H26N2O2. The fourth-order valence-corrected chi connectivity index (χ4v) is 3.25. The lowest BCUT2D eigenvalue weighted by atomic mass is 9.82. The first-order valence-corrected chi connectivity index (χ1v) is 7.38. The van der Waals surface area contributed by atoms with E-state index in [0.29, 0.717) is 31.8 Å². The molecule has 19 heavy (non-hydrogen) atoms. The zero-order valence-electron chi connectivity index (χ0n) is 12.4. The number of rotatable bonds is 2. The first kappa shape index (κ1) is 14.5. The molecule has 0 spiro atoms. The first-order chi connectivity index (χ1) is 8.88. The average molecular weight is 266 g/mol. The van der Waals surface area contributed by atoms with Crippen LogP contribution in [0.2, 0.25) is 0 Å². The highest BCUT2D eigenvalue weighted by Crippen LogP contribution is 2.27. The maximum atomic E-state index is 12.4. The van der Waals surface area contributed by atoms with Crippen LogP contribution in [0.5, 0.6) is 0 Å². The zero-order valence-corrected chi connectivity index (χ0v) is 12.4. The molecule has 0 aromatic carbocycles. The van der Waals surface area contributed by atoms with Gasteiger partial charge in [0.1, 0.15) is 5.78 Å². The number of hydrogen-bond donors (Lipinski definition) is 0. The monoisotopic (exact) mass is 266 g/mol. The fraction of sp³-hybridized carbons (Fsp3) is 0.867. The van der Waals surface area contributed by atoms with E-state index in [2.05, 4.69) is 11.9 Å². The molecule has 0 saturated carbocycles. The van der Waals surface area contributed by atoms with E-state index in [1.54, 1.807) is 0 Å². The third kappa shape index (κ3) is 3.56. The molecule has 2 aliphatic rings. The smallest absolute Gasteiger partial charge is 0.222 e. The number of likely N-dealkylation sites (tertiary alicyclic amines) is 2. The molecular weight excluding hydrogens is 240 g/mol. The van der Waals surface area contributed by atoms with Gasteiger partial charge in [0.15, 0.2) is 0 Å². The van der Waals surface area contributed by atoms with E-state index >= 15 is 0 Å². The van der Waals surface area contributed by atoms with Crippen LogP contribution < -0.4 is 0 Å². The number of nitrogens with zero attached hydrogens (tertiary/aromatic N) is 2. The van der Waals surface area contributed by atoms with E-state index in [0.717, 1.165) is 19.5 Å². The van der Waals surface area contributed by atoms with Gasteiger partial charge in [0.2, 0.25) is 5.91 Å². The summed E-state index contributed by atoms with van der Waals surface area (Å²) in [6, 6.07) is 0. The maximum Gasteiger partial charge on any atom is 0.222 e. The van der Waals surface area contributed by atoms with Crippen molar-refractivity contribution in [2.24, 2.45) is 11.3 Å². The molecule has 0 N–H and O–H groups in total. The van der Waals surface area contributed by atoms with Crippen LogP contribution in [0.25, 0.3) is 0 Å². The number of Topliss-reactive ketones (excluding diaryl/α,β-unsaturated/α-hetero) is 1. The fourth-order valence-electron chi connectivity index (χ4n) is 3.25. The molecule has 2 rings (SSSR count). The minimum atomic E-state index is -0.364. The normalized spacial score (nSPS) is 28.5. The molecule has 2 aliphatic heterocycles. The average Bonchev–Trinajstić information content (AvgIpc) is 2.32. The van der Waals surface area contributed by atoms with E-state index in [1.807, 2.05) is 18.7 Å². The van der Waals surface area contributed by atoms with Crippen LogP contribution in [0.4, 0.5) is 0 Å². The number of ketones is 1. The molecule has 108 valence electrons. The molecule has 4 heteroatoms. The van der Waals surface area contributed by atoms with Crippen molar-refractivity contribution in [2.45, 2.75) is 39.5 Å². The second-order valence-corrected chi connectivity index (χ2v) is 6.85. The standard InChI is InChI=1S/C15H26N2O2/c1-15(2)11-17(8-6-13(15)18)14(19)9-12-5-4-7-16(3)10-12/h12H,4-11H2,1-3H3. The van der Waals surface area contributed by atoms with E-state index < -0.39 is 0 Å². The number of hydrogen-bond acceptors (Lipinski definition) is 3.